The van der Waals surface area contributed by atoms with Crippen LogP contribution in [0.5, 0.6) is 5.75 Å². The van der Waals surface area contributed by atoms with Gasteiger partial charge in [0.1, 0.15) is 17.6 Å². The van der Waals surface area contributed by atoms with Crippen LogP contribution in [-0.2, 0) is 0 Å². The summed E-state index contributed by atoms with van der Waals surface area (Å²) in [5.41, 5.74) is 1.06. The van der Waals surface area contributed by atoms with Crippen molar-refractivity contribution in [2.75, 3.05) is 12.4 Å². The number of carbonyl (C=O) groups is 1. The molecule has 0 aliphatic heterocycles. The monoisotopic (exact) mass is 490 g/mol. The first-order chi connectivity index (χ1) is 14.0. The van der Waals surface area contributed by atoms with E-state index in [9.17, 15) is 14.9 Å². The van der Waals surface area contributed by atoms with Gasteiger partial charge in [-0.2, -0.15) is 0 Å². The number of nitrogens with zero attached hydrogens (tertiary/aromatic N) is 1. The smallest absolute Gasteiger partial charge is 0.296 e. The van der Waals surface area contributed by atoms with Crippen LogP contribution in [0.15, 0.2) is 42.5 Å². The van der Waals surface area contributed by atoms with Crippen LogP contribution >= 0.6 is 47.0 Å². The van der Waals surface area contributed by atoms with E-state index in [-0.39, 0.29) is 16.5 Å². The van der Waals surface area contributed by atoms with Crippen molar-refractivity contribution in [1.29, 1.82) is 0 Å². The van der Waals surface area contributed by atoms with Gasteiger partial charge in [-0.1, -0.05) is 52.5 Å². The molecule has 2 aromatic rings. The third-order valence-corrected chi connectivity index (χ3v) is 4.68. The molecule has 1 atom stereocenters. The van der Waals surface area contributed by atoms with E-state index in [4.69, 9.17) is 51.8 Å². The summed E-state index contributed by atoms with van der Waals surface area (Å²) in [7, 11) is 1.39. The zero-order valence-electron chi connectivity index (χ0n) is 15.7. The first kappa shape index (κ1) is 23.9. The van der Waals surface area contributed by atoms with E-state index in [1.807, 2.05) is 13.0 Å². The molecule has 0 aliphatic carbocycles. The number of nitrogens with one attached hydrogen (secondary N) is 3. The summed E-state index contributed by atoms with van der Waals surface area (Å²) in [5, 5.41) is 19.1. The molecule has 8 nitrogen and oxygen atoms in total. The van der Waals surface area contributed by atoms with Crippen LogP contribution in [0.2, 0.25) is 0 Å². The number of nitro groups is 1. The number of amides is 1. The Balaban J connectivity index is 2.16. The summed E-state index contributed by atoms with van der Waals surface area (Å²) in [6.45, 7) is 1.84. The second-order valence-electron chi connectivity index (χ2n) is 6.06. The number of hydrogen-bond donors (Lipinski definition) is 3. The van der Waals surface area contributed by atoms with Crippen molar-refractivity contribution in [3.63, 3.8) is 0 Å². The number of nitro benzene ring substituents is 1. The van der Waals surface area contributed by atoms with E-state index in [1.54, 1.807) is 18.2 Å². The summed E-state index contributed by atoms with van der Waals surface area (Å²) < 4.78 is 3.01. The normalized spacial score (nSPS) is 11.9. The van der Waals surface area contributed by atoms with Crippen LogP contribution in [0.1, 0.15) is 15.9 Å². The van der Waals surface area contributed by atoms with Gasteiger partial charge in [-0.3, -0.25) is 14.9 Å². The number of halogens is 3. The molecule has 0 bridgehead atoms. The second kappa shape index (κ2) is 10.1. The lowest BCUT2D eigenvalue weighted by Gasteiger charge is -2.27. The number of alkyl halides is 3. The number of ether oxygens (including phenoxy) is 1. The highest BCUT2D eigenvalue weighted by Gasteiger charge is 2.35. The topological polar surface area (TPSA) is 106 Å². The molecule has 0 spiro atoms. The van der Waals surface area contributed by atoms with Crippen molar-refractivity contribution in [1.82, 2.24) is 10.6 Å². The lowest BCUT2D eigenvalue weighted by Crippen LogP contribution is -2.56. The van der Waals surface area contributed by atoms with Crippen molar-refractivity contribution < 1.29 is 14.5 Å². The Morgan fingerprint density at radius 2 is 1.90 bits per heavy atom. The van der Waals surface area contributed by atoms with Crippen LogP contribution < -0.4 is 20.7 Å². The maximum atomic E-state index is 12.5. The quantitative estimate of drug-likeness (QED) is 0.182. The fourth-order valence-electron chi connectivity index (χ4n) is 2.39. The Kier molecular flexibility index (Phi) is 8.08. The number of anilines is 1. The number of benzene rings is 2. The van der Waals surface area contributed by atoms with Gasteiger partial charge in [-0.25, -0.2) is 0 Å². The molecule has 0 saturated carbocycles. The Hall–Kier alpha value is -2.33. The van der Waals surface area contributed by atoms with Gasteiger partial charge in [-0.15, -0.1) is 0 Å². The predicted molar refractivity (Wildman–Crippen MR) is 122 cm³/mol. The van der Waals surface area contributed by atoms with E-state index in [0.29, 0.717) is 11.3 Å². The number of methoxy groups -OCH3 is 1. The summed E-state index contributed by atoms with van der Waals surface area (Å²) in [5.74, 6) is -0.198. The van der Waals surface area contributed by atoms with Crippen molar-refractivity contribution in [2.24, 2.45) is 0 Å². The Morgan fingerprint density at radius 1 is 1.20 bits per heavy atom. The van der Waals surface area contributed by atoms with E-state index in [1.165, 1.54) is 25.3 Å². The highest BCUT2D eigenvalue weighted by atomic mass is 35.6. The molecule has 160 valence electrons. The minimum atomic E-state index is -1.98. The van der Waals surface area contributed by atoms with E-state index in [0.717, 1.165) is 5.56 Å². The van der Waals surface area contributed by atoms with Gasteiger partial charge < -0.3 is 20.7 Å². The number of rotatable bonds is 6. The zero-order valence-corrected chi connectivity index (χ0v) is 18.8. The third kappa shape index (κ3) is 6.60. The maximum Gasteiger partial charge on any atom is 0.296 e. The molecule has 1 amide bonds. The molecule has 0 unspecified atom stereocenters. The van der Waals surface area contributed by atoms with Gasteiger partial charge in [0, 0.05) is 5.56 Å². The molecule has 0 fully saturated rings. The second-order valence-corrected chi connectivity index (χ2v) is 8.83. The number of thiocarbonyl (C=S) groups is 1. The first-order valence-corrected chi connectivity index (χ1v) is 9.89. The highest BCUT2D eigenvalue weighted by molar-refractivity contribution is 7.80. The zero-order chi connectivity index (χ0) is 22.5. The molecule has 0 radical (unpaired) electrons. The SMILES string of the molecule is COc1ccc(NC(=S)N[C@@H](NC(=O)c2cccc(C)c2)C(Cl)(Cl)Cl)c([N+](=O)[O-])c1. The minimum absolute atomic E-state index is 0.0892. The Morgan fingerprint density at radius 3 is 2.47 bits per heavy atom. The average molecular weight is 492 g/mol. The summed E-state index contributed by atoms with van der Waals surface area (Å²) in [6, 6.07) is 11.0. The Labute approximate surface area is 193 Å². The van der Waals surface area contributed by atoms with Gasteiger partial charge in [0.25, 0.3) is 11.6 Å². The van der Waals surface area contributed by atoms with Crippen molar-refractivity contribution in [3.05, 3.63) is 63.7 Å². The van der Waals surface area contributed by atoms with Crippen LogP contribution in [0, 0.1) is 17.0 Å². The molecule has 12 heteroatoms. The molecule has 30 heavy (non-hydrogen) atoms. The first-order valence-electron chi connectivity index (χ1n) is 8.35. The molecule has 0 heterocycles. The fraction of sp³-hybridized carbons (Fsp3) is 0.222. The molecule has 0 aromatic heterocycles. The van der Waals surface area contributed by atoms with Crippen molar-refractivity contribution in [2.45, 2.75) is 16.9 Å². The number of aryl methyl sites for hydroxylation is 1. The summed E-state index contributed by atoms with van der Waals surface area (Å²) >= 11 is 23.1. The van der Waals surface area contributed by atoms with Crippen LogP contribution in [0.4, 0.5) is 11.4 Å². The van der Waals surface area contributed by atoms with E-state index >= 15 is 0 Å². The average Bonchev–Trinajstić information content (AvgIpc) is 2.66. The van der Waals surface area contributed by atoms with E-state index < -0.39 is 20.8 Å². The molecule has 3 N–H and O–H groups in total. The van der Waals surface area contributed by atoms with Crippen LogP contribution in [-0.4, -0.2) is 33.0 Å². The largest absolute Gasteiger partial charge is 0.496 e. The predicted octanol–water partition coefficient (Wildman–Crippen LogP) is 4.32. The highest BCUT2D eigenvalue weighted by Crippen LogP contribution is 2.31. The van der Waals surface area contributed by atoms with E-state index in [2.05, 4.69) is 16.0 Å². The molecule has 2 aromatic carbocycles. The number of hydrogen-bond acceptors (Lipinski definition) is 5. The van der Waals surface area contributed by atoms with Gasteiger partial charge in [-0.05, 0) is 43.4 Å². The van der Waals surface area contributed by atoms with Crippen LogP contribution in [0.25, 0.3) is 0 Å². The molecule has 0 aliphatic rings. The van der Waals surface area contributed by atoms with Crippen molar-refractivity contribution >= 4 is 69.4 Å². The lowest BCUT2D eigenvalue weighted by molar-refractivity contribution is -0.384. The molecule has 0 saturated heterocycles. The number of carbonyl (C=O) groups excluding carboxylic acids is 1. The minimum Gasteiger partial charge on any atom is -0.496 e. The third-order valence-electron chi connectivity index (χ3n) is 3.81. The molecular formula is C18H17Cl3N4O4S. The maximum absolute atomic E-state index is 12.5. The Bertz CT molecular complexity index is 969. The fourth-order valence-corrected chi connectivity index (χ4v) is 2.94. The summed E-state index contributed by atoms with van der Waals surface area (Å²) in [4.78, 5) is 23.2. The van der Waals surface area contributed by atoms with Gasteiger partial charge >= 0.3 is 0 Å². The molecule has 2 rings (SSSR count). The standard InChI is InChI=1S/C18H17Cl3N4O4S/c1-10-4-3-5-11(8-10)15(26)23-16(18(19,20)21)24-17(30)22-13-7-6-12(29-2)9-14(13)25(27)28/h3-9,16H,1-2H3,(H,23,26)(H2,22,24,30)/t16-/m1/s1. The lowest BCUT2D eigenvalue weighted by atomic mass is 10.1. The van der Waals surface area contributed by atoms with Crippen LogP contribution in [0.3, 0.4) is 0 Å². The van der Waals surface area contributed by atoms with Gasteiger partial charge in [0.15, 0.2) is 5.11 Å². The van der Waals surface area contributed by atoms with Crippen molar-refractivity contribution in [3.8, 4) is 5.75 Å². The van der Waals surface area contributed by atoms with Gasteiger partial charge in [0.2, 0.25) is 3.79 Å². The van der Waals surface area contributed by atoms with Gasteiger partial charge in [0.05, 0.1) is 18.1 Å². The summed E-state index contributed by atoms with van der Waals surface area (Å²) in [6.07, 6.45) is -1.23. The molecular weight excluding hydrogens is 475 g/mol.